The summed E-state index contributed by atoms with van der Waals surface area (Å²) in [4.78, 5) is 4.30. The Morgan fingerprint density at radius 2 is 2.12 bits per heavy atom. The van der Waals surface area contributed by atoms with E-state index in [9.17, 15) is 0 Å². The molecule has 2 aromatic heterocycles. The number of pyridine rings is 1. The van der Waals surface area contributed by atoms with E-state index in [1.54, 1.807) is 0 Å². The summed E-state index contributed by atoms with van der Waals surface area (Å²) in [6, 6.07) is 6.33. The number of hydrogen-bond acceptors (Lipinski definition) is 2. The van der Waals surface area contributed by atoms with Crippen LogP contribution in [0.1, 0.15) is 11.4 Å². The highest BCUT2D eigenvalue weighted by Crippen LogP contribution is 2.21. The van der Waals surface area contributed by atoms with Gasteiger partial charge in [0.15, 0.2) is 0 Å². The normalized spacial score (nSPS) is 10.7. The molecule has 16 heavy (non-hydrogen) atoms. The number of hydrogen-bond donors (Lipinski definition) is 1. The smallest absolute Gasteiger partial charge is 0.0422 e. The highest BCUT2D eigenvalue weighted by molar-refractivity contribution is 5.63. The third-order valence-electron chi connectivity index (χ3n) is 2.80. The van der Waals surface area contributed by atoms with E-state index in [0.29, 0.717) is 6.54 Å². The fraction of sp³-hybridized carbons (Fsp3) is 0.308. The van der Waals surface area contributed by atoms with E-state index < -0.39 is 0 Å². The molecule has 0 saturated heterocycles. The molecule has 2 aromatic rings. The molecule has 84 valence electrons. The minimum atomic E-state index is 0.643. The molecule has 0 amide bonds. The van der Waals surface area contributed by atoms with E-state index in [0.717, 1.165) is 12.1 Å². The molecule has 3 nitrogen and oxygen atoms in total. The molecule has 0 radical (unpaired) electrons. The van der Waals surface area contributed by atoms with Crippen LogP contribution in [0.2, 0.25) is 0 Å². The van der Waals surface area contributed by atoms with Crippen LogP contribution < -0.4 is 5.73 Å². The Labute approximate surface area is 95.9 Å². The van der Waals surface area contributed by atoms with Gasteiger partial charge in [0.05, 0.1) is 0 Å². The third-order valence-corrected chi connectivity index (χ3v) is 2.80. The minimum absolute atomic E-state index is 0.643. The van der Waals surface area contributed by atoms with Gasteiger partial charge in [-0.1, -0.05) is 0 Å². The van der Waals surface area contributed by atoms with Crippen molar-refractivity contribution in [1.29, 1.82) is 0 Å². The van der Waals surface area contributed by atoms with Gasteiger partial charge in [0.25, 0.3) is 0 Å². The quantitative estimate of drug-likeness (QED) is 0.849. The third kappa shape index (κ3) is 2.14. The van der Waals surface area contributed by atoms with Gasteiger partial charge in [0, 0.05) is 37.3 Å². The molecule has 0 spiro atoms. The van der Waals surface area contributed by atoms with Crippen LogP contribution in [0, 0.1) is 6.92 Å². The second-order valence-corrected chi connectivity index (χ2v) is 4.06. The second kappa shape index (κ2) is 4.49. The SMILES string of the molecule is Cc1cc(-c2ccnc(CCN)c2)cn1C. The van der Waals surface area contributed by atoms with Crippen LogP contribution >= 0.6 is 0 Å². The monoisotopic (exact) mass is 215 g/mol. The molecule has 0 aromatic carbocycles. The van der Waals surface area contributed by atoms with Crippen LogP contribution in [0.25, 0.3) is 11.1 Å². The van der Waals surface area contributed by atoms with E-state index in [-0.39, 0.29) is 0 Å². The van der Waals surface area contributed by atoms with Crippen molar-refractivity contribution in [2.24, 2.45) is 12.8 Å². The second-order valence-electron chi connectivity index (χ2n) is 4.06. The molecule has 0 bridgehead atoms. The molecular weight excluding hydrogens is 198 g/mol. The highest BCUT2D eigenvalue weighted by atomic mass is 14.9. The summed E-state index contributed by atoms with van der Waals surface area (Å²) in [6.45, 7) is 2.75. The molecule has 2 heterocycles. The number of nitrogens with zero attached hydrogens (tertiary/aromatic N) is 2. The van der Waals surface area contributed by atoms with Crippen molar-refractivity contribution in [3.63, 3.8) is 0 Å². The van der Waals surface area contributed by atoms with Crippen molar-refractivity contribution >= 4 is 0 Å². The van der Waals surface area contributed by atoms with Gasteiger partial charge >= 0.3 is 0 Å². The van der Waals surface area contributed by atoms with Crippen molar-refractivity contribution < 1.29 is 0 Å². The molecule has 3 heteroatoms. The van der Waals surface area contributed by atoms with Gasteiger partial charge in [-0.2, -0.15) is 0 Å². The fourth-order valence-electron chi connectivity index (χ4n) is 1.77. The van der Waals surface area contributed by atoms with Crippen LogP contribution in [0.15, 0.2) is 30.6 Å². The lowest BCUT2D eigenvalue weighted by Crippen LogP contribution is -2.04. The molecule has 0 aliphatic rings. The van der Waals surface area contributed by atoms with Crippen LogP contribution in [-0.2, 0) is 13.5 Å². The first-order valence-corrected chi connectivity index (χ1v) is 5.49. The molecule has 0 atom stereocenters. The molecule has 0 fully saturated rings. The first-order chi connectivity index (χ1) is 7.70. The van der Waals surface area contributed by atoms with Gasteiger partial charge in [0.1, 0.15) is 0 Å². The summed E-state index contributed by atoms with van der Waals surface area (Å²) >= 11 is 0. The van der Waals surface area contributed by atoms with E-state index in [1.165, 1.54) is 16.8 Å². The first-order valence-electron chi connectivity index (χ1n) is 5.49. The maximum absolute atomic E-state index is 5.53. The maximum atomic E-state index is 5.53. The molecule has 0 aliphatic heterocycles. The van der Waals surface area contributed by atoms with Crippen molar-refractivity contribution in [2.45, 2.75) is 13.3 Å². The Hall–Kier alpha value is -1.61. The van der Waals surface area contributed by atoms with Crippen LogP contribution in [0.4, 0.5) is 0 Å². The topological polar surface area (TPSA) is 43.8 Å². The predicted octanol–water partition coefficient (Wildman–Crippen LogP) is 1.90. The Balaban J connectivity index is 2.36. The number of nitrogens with two attached hydrogens (primary N) is 1. The zero-order valence-corrected chi connectivity index (χ0v) is 9.77. The summed E-state index contributed by atoms with van der Waals surface area (Å²) in [6.07, 6.45) is 4.82. The van der Waals surface area contributed by atoms with E-state index in [2.05, 4.69) is 41.9 Å². The molecule has 0 saturated carbocycles. The number of aromatic nitrogens is 2. The van der Waals surface area contributed by atoms with Gasteiger partial charge < -0.3 is 10.3 Å². The largest absolute Gasteiger partial charge is 0.354 e. The Morgan fingerprint density at radius 1 is 1.31 bits per heavy atom. The molecule has 0 unspecified atom stereocenters. The predicted molar refractivity (Wildman–Crippen MR) is 66.1 cm³/mol. The average Bonchev–Trinajstić information content (AvgIpc) is 2.60. The van der Waals surface area contributed by atoms with Gasteiger partial charge in [-0.05, 0) is 42.8 Å². The van der Waals surface area contributed by atoms with Crippen molar-refractivity contribution in [3.05, 3.63) is 42.0 Å². The van der Waals surface area contributed by atoms with Gasteiger partial charge in [-0.25, -0.2) is 0 Å². The summed E-state index contributed by atoms with van der Waals surface area (Å²) in [5.41, 5.74) is 10.3. The molecule has 0 aliphatic carbocycles. The molecule has 2 rings (SSSR count). The minimum Gasteiger partial charge on any atom is -0.354 e. The van der Waals surface area contributed by atoms with Crippen LogP contribution in [0.3, 0.4) is 0 Å². The zero-order chi connectivity index (χ0) is 11.5. The Kier molecular flexibility index (Phi) is 3.06. The zero-order valence-electron chi connectivity index (χ0n) is 9.77. The van der Waals surface area contributed by atoms with Gasteiger partial charge in [0.2, 0.25) is 0 Å². The average molecular weight is 215 g/mol. The van der Waals surface area contributed by atoms with Crippen molar-refractivity contribution in [2.75, 3.05) is 6.54 Å². The standard InChI is InChI=1S/C13H17N3/c1-10-7-12(9-16(10)2)11-4-6-15-13(8-11)3-5-14/h4,6-9H,3,5,14H2,1-2H3. The Morgan fingerprint density at radius 3 is 2.75 bits per heavy atom. The van der Waals surface area contributed by atoms with Crippen LogP contribution in [0.5, 0.6) is 0 Å². The van der Waals surface area contributed by atoms with Gasteiger partial charge in [-0.15, -0.1) is 0 Å². The summed E-state index contributed by atoms with van der Waals surface area (Å²) in [7, 11) is 2.06. The van der Waals surface area contributed by atoms with E-state index in [1.807, 2.05) is 12.3 Å². The lowest BCUT2D eigenvalue weighted by atomic mass is 10.1. The lowest BCUT2D eigenvalue weighted by molar-refractivity contribution is 0.882. The first kappa shape index (κ1) is 10.9. The lowest BCUT2D eigenvalue weighted by Gasteiger charge is -2.01. The van der Waals surface area contributed by atoms with Gasteiger partial charge in [-0.3, -0.25) is 4.98 Å². The number of aryl methyl sites for hydroxylation is 2. The highest BCUT2D eigenvalue weighted by Gasteiger charge is 2.03. The maximum Gasteiger partial charge on any atom is 0.0422 e. The molecular formula is C13H17N3. The number of rotatable bonds is 3. The van der Waals surface area contributed by atoms with Crippen molar-refractivity contribution in [1.82, 2.24) is 9.55 Å². The van der Waals surface area contributed by atoms with E-state index >= 15 is 0 Å². The van der Waals surface area contributed by atoms with Crippen molar-refractivity contribution in [3.8, 4) is 11.1 Å². The van der Waals surface area contributed by atoms with Crippen LogP contribution in [-0.4, -0.2) is 16.1 Å². The molecule has 2 N–H and O–H groups in total. The Bertz CT molecular complexity index is 466. The fourth-order valence-corrected chi connectivity index (χ4v) is 1.77. The van der Waals surface area contributed by atoms with E-state index in [4.69, 9.17) is 5.73 Å². The summed E-state index contributed by atoms with van der Waals surface area (Å²) in [5, 5.41) is 0. The summed E-state index contributed by atoms with van der Waals surface area (Å²) in [5.74, 6) is 0. The summed E-state index contributed by atoms with van der Waals surface area (Å²) < 4.78 is 2.12.